The Morgan fingerprint density at radius 1 is 1.24 bits per heavy atom. The molecule has 2 heterocycles. The number of carbonyl (C=O) groups excluding carboxylic acids is 2. The zero-order chi connectivity index (χ0) is 21.4. The molecule has 2 aromatic rings. The molecule has 0 unspecified atom stereocenters. The van der Waals surface area contributed by atoms with Gasteiger partial charge < -0.3 is 14.6 Å². The van der Waals surface area contributed by atoms with Gasteiger partial charge in [-0.05, 0) is 30.7 Å². The Morgan fingerprint density at radius 3 is 2.45 bits per heavy atom. The fourth-order valence-corrected chi connectivity index (χ4v) is 2.96. The van der Waals surface area contributed by atoms with E-state index in [0.29, 0.717) is 11.4 Å². The molecule has 7 nitrogen and oxygen atoms in total. The van der Waals surface area contributed by atoms with E-state index in [1.807, 2.05) is 20.8 Å². The van der Waals surface area contributed by atoms with Gasteiger partial charge in [-0.25, -0.2) is 0 Å². The second-order valence-corrected chi connectivity index (χ2v) is 7.68. The normalized spacial score (nSPS) is 17.5. The second kappa shape index (κ2) is 7.41. The van der Waals surface area contributed by atoms with E-state index in [1.54, 1.807) is 6.07 Å². The molecule has 2 amide bonds. The van der Waals surface area contributed by atoms with Crippen molar-refractivity contribution in [3.05, 3.63) is 36.1 Å². The van der Waals surface area contributed by atoms with Crippen LogP contribution in [0.1, 0.15) is 39.4 Å². The van der Waals surface area contributed by atoms with Gasteiger partial charge in [-0.2, -0.15) is 0 Å². The van der Waals surface area contributed by atoms with Gasteiger partial charge in [0.2, 0.25) is 11.8 Å². The van der Waals surface area contributed by atoms with E-state index in [9.17, 15) is 22.8 Å². The number of alkyl halides is 3. The van der Waals surface area contributed by atoms with Gasteiger partial charge in [0.25, 0.3) is 0 Å². The summed E-state index contributed by atoms with van der Waals surface area (Å²) in [4.78, 5) is 26.3. The van der Waals surface area contributed by atoms with Gasteiger partial charge in [0.1, 0.15) is 17.6 Å². The molecule has 1 N–H and O–H groups in total. The van der Waals surface area contributed by atoms with Gasteiger partial charge in [0.15, 0.2) is 5.82 Å². The number of rotatable bonds is 4. The first kappa shape index (κ1) is 20.7. The lowest BCUT2D eigenvalue weighted by molar-refractivity contribution is -0.274. The summed E-state index contributed by atoms with van der Waals surface area (Å²) < 4.78 is 46.0. The van der Waals surface area contributed by atoms with Crippen LogP contribution >= 0.6 is 0 Å². The van der Waals surface area contributed by atoms with Crippen molar-refractivity contribution in [3.63, 3.8) is 0 Å². The smallest absolute Gasteiger partial charge is 0.406 e. The van der Waals surface area contributed by atoms with Gasteiger partial charge >= 0.3 is 6.36 Å². The number of halogens is 3. The third kappa shape index (κ3) is 4.87. The Bertz CT molecular complexity index is 901. The number of anilines is 2. The standard InChI is InChI=1S/C19H20F3N3O4/c1-18(2,3)14-10-15(24-29-14)23-17(27)13-8-9-16(26)25(13)11-4-6-12(7-5-11)28-19(20,21)22/h4-7,10,13H,8-9H2,1-3H3,(H,23,24,27)/t13-/m0/s1. The Labute approximate surface area is 164 Å². The summed E-state index contributed by atoms with van der Waals surface area (Å²) in [5.41, 5.74) is 0.0173. The molecule has 0 radical (unpaired) electrons. The van der Waals surface area contributed by atoms with E-state index in [4.69, 9.17) is 4.52 Å². The van der Waals surface area contributed by atoms with E-state index in [1.165, 1.54) is 17.0 Å². The molecule has 29 heavy (non-hydrogen) atoms. The largest absolute Gasteiger partial charge is 0.573 e. The van der Waals surface area contributed by atoms with Crippen LogP contribution in [-0.4, -0.2) is 29.4 Å². The molecular formula is C19H20F3N3O4. The Balaban J connectivity index is 1.74. The van der Waals surface area contributed by atoms with Crippen LogP contribution in [0.3, 0.4) is 0 Å². The fraction of sp³-hybridized carbons (Fsp3) is 0.421. The van der Waals surface area contributed by atoms with E-state index in [-0.39, 0.29) is 30.0 Å². The number of amides is 2. The molecule has 1 aromatic heterocycles. The number of carbonyl (C=O) groups is 2. The number of ether oxygens (including phenoxy) is 1. The van der Waals surface area contributed by atoms with Crippen molar-refractivity contribution in [2.45, 2.75) is 51.4 Å². The SMILES string of the molecule is CC(C)(C)c1cc(NC(=O)[C@@H]2CCC(=O)N2c2ccc(OC(F)(F)F)cc2)no1. The molecule has 1 aliphatic rings. The average Bonchev–Trinajstić information content (AvgIpc) is 3.21. The lowest BCUT2D eigenvalue weighted by Crippen LogP contribution is -2.41. The highest BCUT2D eigenvalue weighted by molar-refractivity contribution is 6.07. The van der Waals surface area contributed by atoms with E-state index >= 15 is 0 Å². The third-order valence-electron chi connectivity index (χ3n) is 4.36. The van der Waals surface area contributed by atoms with E-state index in [0.717, 1.165) is 12.1 Å². The van der Waals surface area contributed by atoms with E-state index in [2.05, 4.69) is 15.2 Å². The monoisotopic (exact) mass is 411 g/mol. The summed E-state index contributed by atoms with van der Waals surface area (Å²) >= 11 is 0. The number of nitrogens with one attached hydrogen (secondary N) is 1. The quantitative estimate of drug-likeness (QED) is 0.822. The summed E-state index contributed by atoms with van der Waals surface area (Å²) in [7, 11) is 0. The van der Waals surface area contributed by atoms with Crippen molar-refractivity contribution in [2.24, 2.45) is 0 Å². The second-order valence-electron chi connectivity index (χ2n) is 7.68. The van der Waals surface area contributed by atoms with Crippen LogP contribution < -0.4 is 15.0 Å². The molecule has 0 aliphatic carbocycles. The maximum Gasteiger partial charge on any atom is 0.573 e. The van der Waals surface area contributed by atoms with Gasteiger partial charge in [0.05, 0.1) is 0 Å². The summed E-state index contributed by atoms with van der Waals surface area (Å²) in [6.45, 7) is 5.80. The van der Waals surface area contributed by atoms with Crippen LogP contribution in [0.25, 0.3) is 0 Å². The van der Waals surface area contributed by atoms with Gasteiger partial charge in [-0.15, -0.1) is 13.2 Å². The highest BCUT2D eigenvalue weighted by Crippen LogP contribution is 2.31. The summed E-state index contributed by atoms with van der Waals surface area (Å²) in [5.74, 6) is -0.350. The van der Waals surface area contributed by atoms with Crippen molar-refractivity contribution >= 4 is 23.3 Å². The molecular weight excluding hydrogens is 391 g/mol. The summed E-state index contributed by atoms with van der Waals surface area (Å²) in [6.07, 6.45) is -4.39. The molecule has 1 fully saturated rings. The minimum Gasteiger partial charge on any atom is -0.406 e. The Hall–Kier alpha value is -3.04. The fourth-order valence-electron chi connectivity index (χ4n) is 2.96. The maximum atomic E-state index is 12.7. The zero-order valence-electron chi connectivity index (χ0n) is 16.0. The highest BCUT2D eigenvalue weighted by atomic mass is 19.4. The molecule has 156 valence electrons. The van der Waals surface area contributed by atoms with Crippen LogP contribution in [0.15, 0.2) is 34.9 Å². The summed E-state index contributed by atoms with van der Waals surface area (Å²) in [5, 5.41) is 6.45. The maximum absolute atomic E-state index is 12.7. The number of benzene rings is 1. The Kier molecular flexibility index (Phi) is 5.29. The predicted molar refractivity (Wildman–Crippen MR) is 97.5 cm³/mol. The first-order valence-electron chi connectivity index (χ1n) is 8.90. The molecule has 1 aromatic carbocycles. The molecule has 3 rings (SSSR count). The van der Waals surface area contributed by atoms with Crippen molar-refractivity contribution in [1.29, 1.82) is 0 Å². The number of aromatic nitrogens is 1. The van der Waals surface area contributed by atoms with Crippen LogP contribution in [0.5, 0.6) is 5.75 Å². The van der Waals surface area contributed by atoms with Crippen molar-refractivity contribution < 1.29 is 32.0 Å². The minimum atomic E-state index is -4.81. The zero-order valence-corrected chi connectivity index (χ0v) is 16.0. The molecule has 1 saturated heterocycles. The minimum absolute atomic E-state index is 0.144. The van der Waals surface area contributed by atoms with Crippen molar-refractivity contribution in [3.8, 4) is 5.75 Å². The lowest BCUT2D eigenvalue weighted by Gasteiger charge is -2.24. The van der Waals surface area contributed by atoms with E-state index < -0.39 is 24.1 Å². The first-order valence-corrected chi connectivity index (χ1v) is 8.90. The van der Waals surface area contributed by atoms with Crippen LogP contribution in [0, 0.1) is 0 Å². The van der Waals surface area contributed by atoms with Crippen LogP contribution in [0.4, 0.5) is 24.7 Å². The summed E-state index contributed by atoms with van der Waals surface area (Å²) in [6, 6.07) is 5.60. The third-order valence-corrected chi connectivity index (χ3v) is 4.36. The molecule has 1 aliphatic heterocycles. The molecule has 10 heteroatoms. The first-order chi connectivity index (χ1) is 13.4. The predicted octanol–water partition coefficient (Wildman–Crippen LogP) is 4.00. The number of hydrogen-bond acceptors (Lipinski definition) is 5. The van der Waals surface area contributed by atoms with Gasteiger partial charge in [0, 0.05) is 23.6 Å². The Morgan fingerprint density at radius 2 is 1.90 bits per heavy atom. The van der Waals surface area contributed by atoms with Crippen LogP contribution in [0.2, 0.25) is 0 Å². The molecule has 0 saturated carbocycles. The highest BCUT2D eigenvalue weighted by Gasteiger charge is 2.38. The number of hydrogen-bond donors (Lipinski definition) is 1. The average molecular weight is 411 g/mol. The topological polar surface area (TPSA) is 84.7 Å². The molecule has 0 spiro atoms. The van der Waals surface area contributed by atoms with Crippen LogP contribution in [-0.2, 0) is 15.0 Å². The molecule has 1 atom stereocenters. The van der Waals surface area contributed by atoms with Crippen molar-refractivity contribution in [1.82, 2.24) is 5.16 Å². The lowest BCUT2D eigenvalue weighted by atomic mass is 9.93. The molecule has 0 bridgehead atoms. The van der Waals surface area contributed by atoms with Gasteiger partial charge in [-0.3, -0.25) is 14.5 Å². The van der Waals surface area contributed by atoms with Crippen molar-refractivity contribution in [2.75, 3.05) is 10.2 Å². The number of nitrogens with zero attached hydrogens (tertiary/aromatic N) is 2. The van der Waals surface area contributed by atoms with Gasteiger partial charge in [-0.1, -0.05) is 25.9 Å².